The summed E-state index contributed by atoms with van der Waals surface area (Å²) in [7, 11) is -4.74. The first kappa shape index (κ1) is 35.5. The molecule has 3 unspecified atom stereocenters. The monoisotopic (exact) mass is 670 g/mol. The number of hydrogen-bond donors (Lipinski definition) is 4. The van der Waals surface area contributed by atoms with Gasteiger partial charge in [0.05, 0.1) is 22.7 Å². The molecular formula is C35H53F3N2O5S. The number of rotatable bonds is 9. The van der Waals surface area contributed by atoms with Crippen molar-refractivity contribution in [1.82, 2.24) is 4.72 Å². The molecule has 0 heterocycles. The maximum Gasteiger partial charge on any atom is 0.417 e. The van der Waals surface area contributed by atoms with Crippen molar-refractivity contribution < 1.29 is 36.6 Å². The lowest BCUT2D eigenvalue weighted by molar-refractivity contribution is -0.203. The molecule has 0 aromatic heterocycles. The smallest absolute Gasteiger partial charge is 0.393 e. The van der Waals surface area contributed by atoms with Crippen molar-refractivity contribution in [2.75, 3.05) is 11.9 Å². The van der Waals surface area contributed by atoms with Gasteiger partial charge in [0.1, 0.15) is 0 Å². The first-order chi connectivity index (χ1) is 21.5. The van der Waals surface area contributed by atoms with Crippen molar-refractivity contribution in [1.29, 1.82) is 0 Å². The molecule has 7 nitrogen and oxygen atoms in total. The van der Waals surface area contributed by atoms with Crippen LogP contribution in [0, 0.1) is 52.3 Å². The molecular weight excluding hydrogens is 617 g/mol. The van der Waals surface area contributed by atoms with Gasteiger partial charge in [0, 0.05) is 18.7 Å². The van der Waals surface area contributed by atoms with Crippen LogP contribution in [0.3, 0.4) is 0 Å². The Labute approximate surface area is 272 Å². The number of hydrogen-bond acceptors (Lipinski definition) is 6. The van der Waals surface area contributed by atoms with Gasteiger partial charge in [-0.15, -0.1) is 0 Å². The van der Waals surface area contributed by atoms with Crippen LogP contribution in [-0.2, 0) is 21.0 Å². The minimum Gasteiger partial charge on any atom is -0.393 e. The van der Waals surface area contributed by atoms with Gasteiger partial charge < -0.3 is 15.5 Å². The fraction of sp³-hybridized carbons (Fsp3) is 0.800. The van der Waals surface area contributed by atoms with E-state index < -0.39 is 38.7 Å². The molecule has 1 aromatic carbocycles. The van der Waals surface area contributed by atoms with Crippen molar-refractivity contribution in [3.05, 3.63) is 23.8 Å². The van der Waals surface area contributed by atoms with Gasteiger partial charge in [-0.1, -0.05) is 34.1 Å². The van der Waals surface area contributed by atoms with Crippen LogP contribution in [0.4, 0.5) is 18.9 Å². The number of alkyl halides is 3. The first-order valence-electron chi connectivity index (χ1n) is 17.3. The molecule has 4 fully saturated rings. The number of sulfonamides is 1. The third kappa shape index (κ3) is 6.22. The normalized spacial score (nSPS) is 38.3. The minimum atomic E-state index is -4.92. The number of carbonyl (C=O) groups is 1. The lowest BCUT2D eigenvalue weighted by Gasteiger charge is -2.64. The van der Waals surface area contributed by atoms with E-state index in [0.717, 1.165) is 63.5 Å². The molecule has 11 heteroatoms. The van der Waals surface area contributed by atoms with Crippen LogP contribution < -0.4 is 10.0 Å². The standard InChI is InChI=1S/C35H53F3N2O5S/c1-6-23-27-19-22(41)14-16-34(27,5)26-15-17-33(4)24(10-11-25(33)31(26)32(23)43)20(3)8-13-30(42)40-46(44,45)29-12-9-21(39-7-2)18-28(29)35(36,37)38/h9,12,18,20,22-27,31-32,39,41,43H,6-8,10-11,13-17,19H2,1-5H3,(H,40,42)/t20-,22-,23-,24-,25?,26?,27+,31?,32-,33-,34-/m1/s1. The van der Waals surface area contributed by atoms with E-state index in [9.17, 15) is 36.6 Å². The fourth-order valence-corrected chi connectivity index (χ4v) is 12.3. The molecule has 4 saturated carbocycles. The molecule has 0 radical (unpaired) electrons. The molecule has 11 atom stereocenters. The predicted molar refractivity (Wildman–Crippen MR) is 171 cm³/mol. The summed E-state index contributed by atoms with van der Waals surface area (Å²) in [4.78, 5) is 11.9. The Balaban J connectivity index is 1.27. The van der Waals surface area contributed by atoms with Crippen LogP contribution in [0.1, 0.15) is 104 Å². The van der Waals surface area contributed by atoms with Gasteiger partial charge in [0.2, 0.25) is 5.91 Å². The molecule has 4 aliphatic carbocycles. The van der Waals surface area contributed by atoms with E-state index in [1.54, 1.807) is 6.92 Å². The van der Waals surface area contributed by atoms with Gasteiger partial charge in [-0.05, 0) is 129 Å². The number of aliphatic hydroxyl groups excluding tert-OH is 2. The predicted octanol–water partition coefficient (Wildman–Crippen LogP) is 6.99. The largest absolute Gasteiger partial charge is 0.417 e. The summed E-state index contributed by atoms with van der Waals surface area (Å²) in [6, 6.07) is 2.90. The summed E-state index contributed by atoms with van der Waals surface area (Å²) in [5.41, 5.74) is -1.09. The zero-order chi connectivity index (χ0) is 33.8. The maximum absolute atomic E-state index is 13.8. The van der Waals surface area contributed by atoms with E-state index >= 15 is 0 Å². The number of nitrogens with one attached hydrogen (secondary N) is 2. The highest BCUT2D eigenvalue weighted by atomic mass is 32.2. The second-order valence-corrected chi connectivity index (χ2v) is 17.1. The summed E-state index contributed by atoms with van der Waals surface area (Å²) in [6.07, 6.45) is 2.23. The number of anilines is 1. The second kappa shape index (κ2) is 12.9. The molecule has 0 spiro atoms. The minimum absolute atomic E-state index is 0.0182. The van der Waals surface area contributed by atoms with Crippen LogP contribution in [-0.4, -0.2) is 43.3 Å². The molecule has 1 amide bonds. The average Bonchev–Trinajstić information content (AvgIpc) is 3.33. The van der Waals surface area contributed by atoms with E-state index in [0.29, 0.717) is 36.6 Å². The topological polar surface area (TPSA) is 116 Å². The van der Waals surface area contributed by atoms with E-state index in [2.05, 4.69) is 33.0 Å². The summed E-state index contributed by atoms with van der Waals surface area (Å²) in [6.45, 7) is 11.1. The number of carbonyl (C=O) groups excluding carboxylic acids is 1. The Morgan fingerprint density at radius 3 is 2.35 bits per heavy atom. The fourth-order valence-electron chi connectivity index (χ4n) is 11.0. The summed E-state index contributed by atoms with van der Waals surface area (Å²) >= 11 is 0. The number of benzene rings is 1. The molecule has 0 aliphatic heterocycles. The van der Waals surface area contributed by atoms with E-state index in [1.807, 2.05) is 4.72 Å². The third-order valence-electron chi connectivity index (χ3n) is 13.2. The highest BCUT2D eigenvalue weighted by Crippen LogP contribution is 2.69. The first-order valence-corrected chi connectivity index (χ1v) is 18.8. The lowest BCUT2D eigenvalue weighted by Crippen LogP contribution is -2.62. The summed E-state index contributed by atoms with van der Waals surface area (Å²) in [5.74, 6) is 1.05. The number of amides is 1. The summed E-state index contributed by atoms with van der Waals surface area (Å²) < 4.78 is 69.3. The van der Waals surface area contributed by atoms with Crippen LogP contribution >= 0.6 is 0 Å². The highest BCUT2D eigenvalue weighted by molar-refractivity contribution is 7.90. The van der Waals surface area contributed by atoms with Crippen LogP contribution in [0.15, 0.2) is 23.1 Å². The van der Waals surface area contributed by atoms with Crippen molar-refractivity contribution in [3.8, 4) is 0 Å². The Kier molecular flexibility index (Phi) is 9.93. The Hall–Kier alpha value is -1.85. The van der Waals surface area contributed by atoms with Crippen LogP contribution in [0.2, 0.25) is 0 Å². The number of halogens is 3. The SMILES string of the molecule is CCNc1ccc(S(=O)(=O)NC(=O)CC[C@@H](C)[C@H]2CCC3C4C(CC[C@@]32C)[C@@]2(C)CC[C@@H](O)C[C@H]2[C@@H](CC)[C@H]4O)c(C(F)(F)F)c1. The highest BCUT2D eigenvalue weighted by Gasteiger charge is 2.64. The molecule has 1 aromatic rings. The van der Waals surface area contributed by atoms with Crippen LogP contribution in [0.25, 0.3) is 0 Å². The van der Waals surface area contributed by atoms with Gasteiger partial charge >= 0.3 is 6.18 Å². The van der Waals surface area contributed by atoms with Gasteiger partial charge in [-0.25, -0.2) is 13.1 Å². The Morgan fingerprint density at radius 1 is 1.02 bits per heavy atom. The molecule has 4 N–H and O–H groups in total. The summed E-state index contributed by atoms with van der Waals surface area (Å²) in [5, 5.41) is 25.2. The Bertz CT molecular complexity index is 1390. The molecule has 0 saturated heterocycles. The van der Waals surface area contributed by atoms with E-state index in [4.69, 9.17) is 0 Å². The van der Waals surface area contributed by atoms with Crippen LogP contribution in [0.5, 0.6) is 0 Å². The second-order valence-electron chi connectivity index (χ2n) is 15.4. The van der Waals surface area contributed by atoms with Gasteiger partial charge in [0.25, 0.3) is 10.0 Å². The van der Waals surface area contributed by atoms with Gasteiger partial charge in [-0.2, -0.15) is 13.2 Å². The van der Waals surface area contributed by atoms with Gasteiger partial charge in [0.15, 0.2) is 0 Å². The number of fused-ring (bicyclic) bond motifs is 5. The van der Waals surface area contributed by atoms with Crippen molar-refractivity contribution in [3.63, 3.8) is 0 Å². The molecule has 5 rings (SSSR count). The Morgan fingerprint density at radius 2 is 1.70 bits per heavy atom. The molecule has 0 bridgehead atoms. The molecule has 46 heavy (non-hydrogen) atoms. The molecule has 4 aliphatic rings. The quantitative estimate of drug-likeness (QED) is 0.225. The third-order valence-corrected chi connectivity index (χ3v) is 14.6. The van der Waals surface area contributed by atoms with Crippen molar-refractivity contribution in [2.45, 2.75) is 122 Å². The van der Waals surface area contributed by atoms with Crippen molar-refractivity contribution in [2.24, 2.45) is 52.3 Å². The van der Waals surface area contributed by atoms with E-state index in [-0.39, 0.29) is 46.8 Å². The zero-order valence-electron chi connectivity index (χ0n) is 27.9. The van der Waals surface area contributed by atoms with Crippen molar-refractivity contribution >= 4 is 21.6 Å². The average molecular weight is 671 g/mol. The zero-order valence-corrected chi connectivity index (χ0v) is 28.7. The van der Waals surface area contributed by atoms with Gasteiger partial charge in [-0.3, -0.25) is 4.79 Å². The molecule has 260 valence electrons. The number of aliphatic hydroxyl groups is 2. The lowest BCUT2D eigenvalue weighted by atomic mass is 9.41. The maximum atomic E-state index is 13.8. The van der Waals surface area contributed by atoms with E-state index in [1.165, 1.54) is 6.07 Å².